The highest BCUT2D eigenvalue weighted by molar-refractivity contribution is 7.99. The lowest BCUT2D eigenvalue weighted by Gasteiger charge is -2.36. The van der Waals surface area contributed by atoms with Gasteiger partial charge in [-0.3, -0.25) is 4.98 Å². The second kappa shape index (κ2) is 5.66. The highest BCUT2D eigenvalue weighted by Crippen LogP contribution is 2.18. The van der Waals surface area contributed by atoms with Crippen molar-refractivity contribution in [2.24, 2.45) is 5.73 Å². The van der Waals surface area contributed by atoms with E-state index in [9.17, 15) is 0 Å². The summed E-state index contributed by atoms with van der Waals surface area (Å²) in [6.07, 6.45) is 2.71. The normalized spacial score (nSPS) is 24.2. The van der Waals surface area contributed by atoms with Crippen molar-refractivity contribution >= 4 is 11.8 Å². The molecule has 0 bridgehead atoms. The first kappa shape index (κ1) is 11.9. The zero-order valence-electron chi connectivity index (χ0n) is 9.67. The monoisotopic (exact) mass is 237 g/mol. The van der Waals surface area contributed by atoms with Crippen LogP contribution in [0.15, 0.2) is 24.4 Å². The summed E-state index contributed by atoms with van der Waals surface area (Å²) >= 11 is 2.00. The van der Waals surface area contributed by atoms with Gasteiger partial charge in [-0.2, -0.15) is 11.8 Å². The van der Waals surface area contributed by atoms with E-state index in [0.29, 0.717) is 6.04 Å². The van der Waals surface area contributed by atoms with Crippen LogP contribution >= 0.6 is 11.8 Å². The van der Waals surface area contributed by atoms with Crippen LogP contribution in [0.5, 0.6) is 0 Å². The van der Waals surface area contributed by atoms with Gasteiger partial charge in [0.15, 0.2) is 0 Å². The molecule has 1 aromatic heterocycles. The minimum absolute atomic E-state index is 0.188. The zero-order valence-corrected chi connectivity index (χ0v) is 10.5. The summed E-state index contributed by atoms with van der Waals surface area (Å²) in [7, 11) is 2.17. The van der Waals surface area contributed by atoms with Crippen LogP contribution < -0.4 is 5.73 Å². The standard InChI is InChI=1S/C12H19N3S/c1-15-6-7-16-9-12(15)11(13)8-10-4-2-3-5-14-10/h2-5,11-12H,6-9,13H2,1H3. The molecule has 0 aliphatic carbocycles. The smallest absolute Gasteiger partial charge is 0.0419 e. The summed E-state index contributed by atoms with van der Waals surface area (Å²) in [6.45, 7) is 1.14. The molecule has 1 aromatic rings. The molecule has 2 unspecified atom stereocenters. The van der Waals surface area contributed by atoms with E-state index in [0.717, 1.165) is 24.4 Å². The van der Waals surface area contributed by atoms with Crippen LogP contribution in [-0.4, -0.2) is 47.1 Å². The average molecular weight is 237 g/mol. The minimum Gasteiger partial charge on any atom is -0.326 e. The van der Waals surface area contributed by atoms with Crippen LogP contribution in [0.4, 0.5) is 0 Å². The van der Waals surface area contributed by atoms with Crippen LogP contribution in [0.1, 0.15) is 5.69 Å². The molecule has 2 N–H and O–H groups in total. The number of hydrogen-bond donors (Lipinski definition) is 1. The van der Waals surface area contributed by atoms with E-state index in [2.05, 4.69) is 23.0 Å². The Bertz CT molecular complexity index is 317. The van der Waals surface area contributed by atoms with E-state index in [-0.39, 0.29) is 6.04 Å². The Labute approximate surface area is 101 Å². The van der Waals surface area contributed by atoms with Crippen molar-refractivity contribution < 1.29 is 0 Å². The third-order valence-corrected chi connectivity index (χ3v) is 4.16. The molecule has 1 aliphatic rings. The molecule has 0 spiro atoms. The summed E-state index contributed by atoms with van der Waals surface area (Å²) in [6, 6.07) is 6.69. The van der Waals surface area contributed by atoms with Gasteiger partial charge in [-0.05, 0) is 19.2 Å². The zero-order chi connectivity index (χ0) is 11.4. The van der Waals surface area contributed by atoms with Crippen molar-refractivity contribution in [3.8, 4) is 0 Å². The number of rotatable bonds is 3. The molecular weight excluding hydrogens is 218 g/mol. The maximum absolute atomic E-state index is 6.28. The van der Waals surface area contributed by atoms with Crippen LogP contribution in [-0.2, 0) is 6.42 Å². The maximum atomic E-state index is 6.28. The van der Waals surface area contributed by atoms with Crippen LogP contribution in [0.3, 0.4) is 0 Å². The van der Waals surface area contributed by atoms with E-state index in [1.165, 1.54) is 5.75 Å². The lowest BCUT2D eigenvalue weighted by Crippen LogP contribution is -2.51. The molecule has 16 heavy (non-hydrogen) atoms. The molecule has 0 saturated carbocycles. The first-order valence-electron chi connectivity index (χ1n) is 5.71. The van der Waals surface area contributed by atoms with E-state index >= 15 is 0 Å². The molecule has 1 fully saturated rings. The first-order valence-corrected chi connectivity index (χ1v) is 6.86. The van der Waals surface area contributed by atoms with Crippen molar-refractivity contribution in [3.63, 3.8) is 0 Å². The molecular formula is C12H19N3S. The Balaban J connectivity index is 1.94. The predicted octanol–water partition coefficient (Wildman–Crippen LogP) is 0.999. The third-order valence-electron chi connectivity index (χ3n) is 3.11. The summed E-state index contributed by atoms with van der Waals surface area (Å²) < 4.78 is 0. The van der Waals surface area contributed by atoms with Crippen molar-refractivity contribution in [1.29, 1.82) is 0 Å². The van der Waals surface area contributed by atoms with Gasteiger partial charge in [0.1, 0.15) is 0 Å². The summed E-state index contributed by atoms with van der Waals surface area (Å²) in [5.74, 6) is 2.37. The van der Waals surface area contributed by atoms with Crippen LogP contribution in [0.25, 0.3) is 0 Å². The second-order valence-electron chi connectivity index (χ2n) is 4.31. The molecule has 0 radical (unpaired) electrons. The van der Waals surface area contributed by atoms with Gasteiger partial charge in [0.2, 0.25) is 0 Å². The third kappa shape index (κ3) is 2.97. The fourth-order valence-corrected chi connectivity index (χ4v) is 3.38. The fraction of sp³-hybridized carbons (Fsp3) is 0.583. The number of pyridine rings is 1. The lowest BCUT2D eigenvalue weighted by atomic mass is 10.0. The van der Waals surface area contributed by atoms with Crippen LogP contribution in [0.2, 0.25) is 0 Å². The number of aromatic nitrogens is 1. The largest absolute Gasteiger partial charge is 0.326 e. The quantitative estimate of drug-likeness (QED) is 0.851. The van der Waals surface area contributed by atoms with Gasteiger partial charge < -0.3 is 10.6 Å². The molecule has 3 nitrogen and oxygen atoms in total. The molecule has 1 saturated heterocycles. The Morgan fingerprint density at radius 2 is 2.50 bits per heavy atom. The summed E-state index contributed by atoms with van der Waals surface area (Å²) in [5, 5.41) is 0. The molecule has 0 aromatic carbocycles. The molecule has 2 heterocycles. The summed E-state index contributed by atoms with van der Waals surface area (Å²) in [4.78, 5) is 6.71. The lowest BCUT2D eigenvalue weighted by molar-refractivity contribution is 0.235. The Hall–Kier alpha value is -0.580. The topological polar surface area (TPSA) is 42.1 Å². The van der Waals surface area contributed by atoms with E-state index < -0.39 is 0 Å². The molecule has 2 atom stereocenters. The van der Waals surface area contributed by atoms with Crippen molar-refractivity contribution in [3.05, 3.63) is 30.1 Å². The Kier molecular flexibility index (Phi) is 4.21. The number of thioether (sulfide) groups is 1. The van der Waals surface area contributed by atoms with Gasteiger partial charge in [0, 0.05) is 48.4 Å². The Morgan fingerprint density at radius 1 is 1.62 bits per heavy atom. The van der Waals surface area contributed by atoms with E-state index in [4.69, 9.17) is 5.73 Å². The molecule has 2 rings (SSSR count). The van der Waals surface area contributed by atoms with Gasteiger partial charge in [0.25, 0.3) is 0 Å². The highest BCUT2D eigenvalue weighted by Gasteiger charge is 2.25. The van der Waals surface area contributed by atoms with Gasteiger partial charge in [0.05, 0.1) is 0 Å². The SMILES string of the molecule is CN1CCSCC1C(N)Cc1ccccn1. The number of hydrogen-bond acceptors (Lipinski definition) is 4. The van der Waals surface area contributed by atoms with Crippen molar-refractivity contribution in [2.75, 3.05) is 25.1 Å². The van der Waals surface area contributed by atoms with Crippen molar-refractivity contribution in [1.82, 2.24) is 9.88 Å². The van der Waals surface area contributed by atoms with Crippen LogP contribution in [0, 0.1) is 0 Å². The molecule has 0 amide bonds. The summed E-state index contributed by atoms with van der Waals surface area (Å²) in [5.41, 5.74) is 7.37. The highest BCUT2D eigenvalue weighted by atomic mass is 32.2. The van der Waals surface area contributed by atoms with E-state index in [1.54, 1.807) is 0 Å². The van der Waals surface area contributed by atoms with Gasteiger partial charge in [-0.1, -0.05) is 6.07 Å². The predicted molar refractivity (Wildman–Crippen MR) is 69.7 cm³/mol. The van der Waals surface area contributed by atoms with E-state index in [1.807, 2.05) is 30.1 Å². The number of nitrogens with two attached hydrogens (primary N) is 1. The van der Waals surface area contributed by atoms with Gasteiger partial charge >= 0.3 is 0 Å². The maximum Gasteiger partial charge on any atom is 0.0419 e. The molecule has 4 heteroatoms. The first-order chi connectivity index (χ1) is 7.77. The van der Waals surface area contributed by atoms with Gasteiger partial charge in [-0.15, -0.1) is 0 Å². The van der Waals surface area contributed by atoms with Gasteiger partial charge in [-0.25, -0.2) is 0 Å². The number of likely N-dealkylation sites (N-methyl/N-ethyl adjacent to an activating group) is 1. The fourth-order valence-electron chi connectivity index (χ4n) is 2.05. The average Bonchev–Trinajstić information content (AvgIpc) is 2.31. The molecule has 1 aliphatic heterocycles. The Morgan fingerprint density at radius 3 is 3.19 bits per heavy atom. The minimum atomic E-state index is 0.188. The number of nitrogens with zero attached hydrogens (tertiary/aromatic N) is 2. The molecule has 88 valence electrons. The van der Waals surface area contributed by atoms with Crippen molar-refractivity contribution in [2.45, 2.75) is 18.5 Å². The second-order valence-corrected chi connectivity index (χ2v) is 5.46.